The average molecular weight is 1160 g/mol. The first-order valence-electron chi connectivity index (χ1n) is 28.8. The summed E-state index contributed by atoms with van der Waals surface area (Å²) in [5.74, 6) is 19.5. The highest BCUT2D eigenvalue weighted by Crippen LogP contribution is 2.38. The first-order valence-corrected chi connectivity index (χ1v) is 32.0. The Morgan fingerprint density at radius 3 is 0.963 bits per heavy atom. The molecular formula is C72H74O6S4. The van der Waals surface area contributed by atoms with Crippen LogP contribution in [0.4, 0.5) is 0 Å². The molecule has 4 heterocycles. The lowest BCUT2D eigenvalue weighted by molar-refractivity contribution is -0.0183. The van der Waals surface area contributed by atoms with Crippen molar-refractivity contribution in [3.63, 3.8) is 0 Å². The van der Waals surface area contributed by atoms with Crippen molar-refractivity contribution in [3.8, 4) is 92.9 Å². The predicted octanol–water partition coefficient (Wildman–Crippen LogP) is 17.4. The predicted molar refractivity (Wildman–Crippen MR) is 345 cm³/mol. The van der Waals surface area contributed by atoms with Crippen molar-refractivity contribution in [1.29, 1.82) is 0 Å². The smallest absolute Gasteiger partial charge is 0.0853 e. The molecule has 0 aliphatic heterocycles. The van der Waals surface area contributed by atoms with Crippen LogP contribution in [0, 0.1) is 48.4 Å². The van der Waals surface area contributed by atoms with E-state index in [0.29, 0.717) is 79.3 Å². The Morgan fingerprint density at radius 1 is 0.329 bits per heavy atom. The molecule has 0 saturated carbocycles. The Kier molecular flexibility index (Phi) is 26.3. The summed E-state index contributed by atoms with van der Waals surface area (Å²) >= 11 is 6.84. The van der Waals surface area contributed by atoms with E-state index in [2.05, 4.69) is 146 Å². The summed E-state index contributed by atoms with van der Waals surface area (Å²) in [6.45, 7) is 10.2. The summed E-state index contributed by atoms with van der Waals surface area (Å²) in [5, 5.41) is 0. The second-order valence-electron chi connectivity index (χ2n) is 19.7. The molecule has 0 unspecified atom stereocenters. The number of aryl methyl sites for hydroxylation is 2. The molecule has 6 nitrogen and oxygen atoms in total. The lowest BCUT2D eigenvalue weighted by Gasteiger charge is -2.08. The van der Waals surface area contributed by atoms with Crippen LogP contribution >= 0.6 is 45.3 Å². The number of hydrogen-bond acceptors (Lipinski definition) is 10. The molecule has 0 saturated heterocycles. The van der Waals surface area contributed by atoms with E-state index in [0.717, 1.165) is 86.6 Å². The van der Waals surface area contributed by atoms with Gasteiger partial charge < -0.3 is 28.4 Å². The fourth-order valence-electron chi connectivity index (χ4n) is 9.17. The molecule has 0 atom stereocenters. The first-order chi connectivity index (χ1) is 40.5. The molecule has 4 aromatic heterocycles. The van der Waals surface area contributed by atoms with Gasteiger partial charge >= 0.3 is 0 Å². The molecule has 0 aliphatic carbocycles. The SMILES string of the molecule is C#Cc1sc(COCCOCCOCCOCCOCCOCc2cc(-c3ccc(-c4cc(CCCCCC)sc4C#Cc4ccccc4)cc3)c(C#C)s2)cc1-c1ccc(-c2cc(CCCCCC)sc2C#Cc2ccccc2)cc1. The fraction of sp³-hybridized carbons (Fsp3) is 0.333. The zero-order valence-corrected chi connectivity index (χ0v) is 50.8. The molecule has 0 amide bonds. The van der Waals surface area contributed by atoms with E-state index in [1.54, 1.807) is 22.7 Å². The molecule has 10 heteroatoms. The maximum absolute atomic E-state index is 6.00. The van der Waals surface area contributed by atoms with Gasteiger partial charge in [0.15, 0.2) is 0 Å². The minimum Gasteiger partial charge on any atom is -0.377 e. The number of ether oxygens (including phenoxy) is 6. The molecule has 0 aliphatic rings. The molecule has 4 aromatic carbocycles. The van der Waals surface area contributed by atoms with Crippen LogP contribution in [0.25, 0.3) is 44.5 Å². The van der Waals surface area contributed by atoms with E-state index in [1.165, 1.54) is 72.2 Å². The molecule has 0 N–H and O–H groups in total. The standard InChI is InChI=1S/C72H74O6S4/c1-5-9-11-19-25-61-49-67(71(79-61)37-27-55-21-15-13-16-22-55)59-33-29-57(30-34-59)65-51-63(81-69(65)7-3)53-77-47-45-75-43-41-73-39-40-74-42-44-76-46-48-78-54-64-52-66(70(8-4)82-64)58-31-35-60(36-32-58)68-50-62(26-20-12-10-6-2)80-72(68)38-28-56-23-17-14-18-24-56/h3-4,13-18,21-24,29-36,49-52H,5-6,9-12,19-20,25-26,39-48,53-54H2,1-2H3. The largest absolute Gasteiger partial charge is 0.377 e. The third-order valence-electron chi connectivity index (χ3n) is 13.5. The zero-order valence-electron chi connectivity index (χ0n) is 47.5. The molecule has 0 radical (unpaired) electrons. The van der Waals surface area contributed by atoms with Crippen LogP contribution in [0.15, 0.2) is 133 Å². The highest BCUT2D eigenvalue weighted by Gasteiger charge is 2.16. The maximum atomic E-state index is 6.00. The second-order valence-corrected chi connectivity index (χ2v) is 24.2. The van der Waals surface area contributed by atoms with Gasteiger partial charge in [0.05, 0.1) is 98.8 Å². The molecule has 422 valence electrons. The van der Waals surface area contributed by atoms with Gasteiger partial charge in [-0.15, -0.1) is 58.2 Å². The molecule has 8 aromatic rings. The Hall–Kier alpha value is -6.32. The molecule has 0 bridgehead atoms. The maximum Gasteiger partial charge on any atom is 0.0853 e. The van der Waals surface area contributed by atoms with E-state index in [1.807, 2.05) is 59.1 Å². The summed E-state index contributed by atoms with van der Waals surface area (Å²) in [5.41, 5.74) is 11.0. The first kappa shape index (κ1) is 61.7. The Morgan fingerprint density at radius 2 is 0.634 bits per heavy atom. The van der Waals surface area contributed by atoms with Crippen LogP contribution in [-0.2, 0) is 54.5 Å². The minimum absolute atomic E-state index is 0.469. The summed E-state index contributed by atoms with van der Waals surface area (Å²) in [7, 11) is 0. The van der Waals surface area contributed by atoms with Gasteiger partial charge in [-0.3, -0.25) is 0 Å². The van der Waals surface area contributed by atoms with Gasteiger partial charge in [-0.1, -0.05) is 173 Å². The van der Waals surface area contributed by atoms with Crippen LogP contribution in [0.3, 0.4) is 0 Å². The quantitative estimate of drug-likeness (QED) is 0.0302. The Labute approximate surface area is 504 Å². The lowest BCUT2D eigenvalue weighted by Crippen LogP contribution is -2.14. The molecule has 0 spiro atoms. The monoisotopic (exact) mass is 1160 g/mol. The number of thiophene rings is 4. The minimum atomic E-state index is 0.469. The van der Waals surface area contributed by atoms with E-state index in [9.17, 15) is 0 Å². The third kappa shape index (κ3) is 19.7. The average Bonchev–Trinajstić information content (AvgIpc) is 4.54. The van der Waals surface area contributed by atoms with Crippen molar-refractivity contribution >= 4 is 45.3 Å². The second kappa shape index (κ2) is 35.0. The van der Waals surface area contributed by atoms with Gasteiger partial charge in [0.1, 0.15) is 0 Å². The Bertz CT molecular complexity index is 3150. The van der Waals surface area contributed by atoms with Crippen molar-refractivity contribution in [2.45, 2.75) is 91.3 Å². The van der Waals surface area contributed by atoms with E-state index in [4.69, 9.17) is 41.3 Å². The van der Waals surface area contributed by atoms with Crippen molar-refractivity contribution in [3.05, 3.63) is 184 Å². The molecule has 82 heavy (non-hydrogen) atoms. The number of rotatable bonds is 33. The molecular weight excluding hydrogens is 1090 g/mol. The van der Waals surface area contributed by atoms with Gasteiger partial charge in [0, 0.05) is 52.9 Å². The normalized spacial score (nSPS) is 11.0. The molecule has 0 fully saturated rings. The van der Waals surface area contributed by atoms with Gasteiger partial charge in [-0.05, 0) is 96.5 Å². The van der Waals surface area contributed by atoms with Crippen LogP contribution in [0.2, 0.25) is 0 Å². The summed E-state index contributed by atoms with van der Waals surface area (Å²) in [6.07, 6.45) is 24.1. The number of unbranched alkanes of at least 4 members (excludes halogenated alkanes) is 6. The van der Waals surface area contributed by atoms with Crippen molar-refractivity contribution in [1.82, 2.24) is 0 Å². The summed E-state index contributed by atoms with van der Waals surface area (Å²) in [4.78, 5) is 8.95. The highest BCUT2D eigenvalue weighted by molar-refractivity contribution is 7.14. The number of benzene rings is 4. The lowest BCUT2D eigenvalue weighted by atomic mass is 10.00. The van der Waals surface area contributed by atoms with Crippen molar-refractivity contribution in [2.75, 3.05) is 66.1 Å². The van der Waals surface area contributed by atoms with E-state index < -0.39 is 0 Å². The summed E-state index contributed by atoms with van der Waals surface area (Å²) in [6, 6.07) is 46.8. The zero-order chi connectivity index (χ0) is 56.8. The van der Waals surface area contributed by atoms with Crippen molar-refractivity contribution < 1.29 is 28.4 Å². The van der Waals surface area contributed by atoms with Crippen LogP contribution in [-0.4, -0.2) is 66.1 Å². The van der Waals surface area contributed by atoms with E-state index in [-0.39, 0.29) is 0 Å². The fourth-order valence-corrected chi connectivity index (χ4v) is 13.2. The van der Waals surface area contributed by atoms with Gasteiger partial charge in [-0.2, -0.15) is 0 Å². The van der Waals surface area contributed by atoms with Gasteiger partial charge in [0.2, 0.25) is 0 Å². The van der Waals surface area contributed by atoms with Gasteiger partial charge in [0.25, 0.3) is 0 Å². The number of terminal acetylenes is 2. The van der Waals surface area contributed by atoms with Crippen LogP contribution in [0.5, 0.6) is 0 Å². The Balaban J connectivity index is 0.668. The third-order valence-corrected chi connectivity index (χ3v) is 17.8. The van der Waals surface area contributed by atoms with Crippen LogP contribution < -0.4 is 0 Å². The van der Waals surface area contributed by atoms with Crippen LogP contribution in [0.1, 0.15) is 115 Å². The highest BCUT2D eigenvalue weighted by atomic mass is 32.1. The van der Waals surface area contributed by atoms with Crippen molar-refractivity contribution in [2.24, 2.45) is 0 Å². The summed E-state index contributed by atoms with van der Waals surface area (Å²) < 4.78 is 34.8. The topological polar surface area (TPSA) is 55.4 Å². The molecule has 8 rings (SSSR count). The number of hydrogen-bond donors (Lipinski definition) is 0. The van der Waals surface area contributed by atoms with E-state index >= 15 is 0 Å². The van der Waals surface area contributed by atoms with Gasteiger partial charge in [-0.25, -0.2) is 0 Å².